The first-order valence-electron chi connectivity index (χ1n) is 12.0. The van der Waals surface area contributed by atoms with Gasteiger partial charge in [0.1, 0.15) is 0 Å². The zero-order valence-electron chi connectivity index (χ0n) is 17.9. The summed E-state index contributed by atoms with van der Waals surface area (Å²) in [6.45, 7) is 4.90. The molecule has 1 aromatic rings. The molecule has 4 bridgehead atoms. The molecule has 5 aliphatic carbocycles. The molecule has 5 saturated carbocycles. The van der Waals surface area contributed by atoms with Gasteiger partial charge in [0.05, 0.1) is 0 Å². The van der Waals surface area contributed by atoms with Crippen LogP contribution in [0.5, 0.6) is 0 Å². The van der Waals surface area contributed by atoms with Crippen LogP contribution in [0.15, 0.2) is 24.3 Å². The Kier molecular flexibility index (Phi) is 5.07. The number of hydrogen-bond donors (Lipinski definition) is 1. The van der Waals surface area contributed by atoms with Crippen LogP contribution in [0.25, 0.3) is 0 Å². The average molecular weight is 400 g/mol. The second-order valence-corrected chi connectivity index (χ2v) is 11.6. The lowest BCUT2D eigenvalue weighted by atomic mass is 9.41. The van der Waals surface area contributed by atoms with Crippen LogP contribution in [0.3, 0.4) is 0 Å². The fraction of sp³-hybridized carbons (Fsp3) is 0.769. The smallest absolute Gasteiger partial charge is 0.0406 e. The van der Waals surface area contributed by atoms with E-state index in [-0.39, 0.29) is 0 Å². The maximum Gasteiger partial charge on any atom is 0.0406 e. The Balaban J connectivity index is 1.35. The van der Waals surface area contributed by atoms with E-state index in [1.807, 2.05) is 0 Å². The first-order valence-corrected chi connectivity index (χ1v) is 12.4. The second kappa shape index (κ2) is 7.31. The van der Waals surface area contributed by atoms with Gasteiger partial charge in [-0.2, -0.15) is 0 Å². The summed E-state index contributed by atoms with van der Waals surface area (Å²) in [7, 11) is 0. The highest BCUT2D eigenvalue weighted by Crippen LogP contribution is 2.66. The Labute approximate surface area is 177 Å². The molecule has 0 heterocycles. The number of benzene rings is 1. The van der Waals surface area contributed by atoms with Gasteiger partial charge in [-0.15, -0.1) is 0 Å². The van der Waals surface area contributed by atoms with Crippen LogP contribution in [-0.4, -0.2) is 12.1 Å². The van der Waals surface area contributed by atoms with E-state index in [4.69, 9.17) is 11.6 Å². The number of nitrogens with one attached hydrogen (secondary N) is 1. The quantitative estimate of drug-likeness (QED) is 0.555. The van der Waals surface area contributed by atoms with Crippen molar-refractivity contribution < 1.29 is 0 Å². The molecule has 3 atom stereocenters. The van der Waals surface area contributed by atoms with Crippen molar-refractivity contribution in [3.05, 3.63) is 34.9 Å². The van der Waals surface area contributed by atoms with Crippen molar-refractivity contribution in [2.45, 2.75) is 102 Å². The summed E-state index contributed by atoms with van der Waals surface area (Å²) >= 11 is 6.22. The Hall–Kier alpha value is -0.530. The SMILES string of the molecule is CCC1CCC(N[C@@H](C)C23C[C@@H]4C[C@H](CC(c5ccc(Cl)cc5)(C4)C2)C3)CC1. The molecule has 1 N–H and O–H groups in total. The standard InChI is InChI=1S/C26H38ClN/c1-3-19-4-10-24(11-5-19)28-18(2)25-13-20-12-21(14-25)16-26(15-20,17-25)22-6-8-23(27)9-7-22/h6-9,18-21,24,28H,3-5,10-17H2,1-2H3/t18-,19?,20-,21-,24?,25?,26?/m0/s1. The average Bonchev–Trinajstić information content (AvgIpc) is 2.68. The molecule has 5 fully saturated rings. The van der Waals surface area contributed by atoms with E-state index in [9.17, 15) is 0 Å². The van der Waals surface area contributed by atoms with Crippen molar-refractivity contribution in [1.29, 1.82) is 0 Å². The minimum atomic E-state index is 0.421. The van der Waals surface area contributed by atoms with Gasteiger partial charge in [0, 0.05) is 17.1 Å². The molecule has 0 aromatic heterocycles. The van der Waals surface area contributed by atoms with Gasteiger partial charge < -0.3 is 5.32 Å². The molecular weight excluding hydrogens is 362 g/mol. The molecule has 28 heavy (non-hydrogen) atoms. The summed E-state index contributed by atoms with van der Waals surface area (Å²) in [5, 5.41) is 5.05. The van der Waals surface area contributed by atoms with Gasteiger partial charge in [0.15, 0.2) is 0 Å². The minimum absolute atomic E-state index is 0.421. The van der Waals surface area contributed by atoms with Gasteiger partial charge in [-0.3, -0.25) is 0 Å². The van der Waals surface area contributed by atoms with Crippen molar-refractivity contribution in [2.24, 2.45) is 23.2 Å². The molecule has 6 rings (SSSR count). The summed E-state index contributed by atoms with van der Waals surface area (Å²) in [4.78, 5) is 0. The zero-order chi connectivity index (χ0) is 19.4. The van der Waals surface area contributed by atoms with Crippen LogP contribution in [0.1, 0.15) is 90.0 Å². The van der Waals surface area contributed by atoms with Gasteiger partial charge in [-0.1, -0.05) is 37.1 Å². The Morgan fingerprint density at radius 3 is 2.25 bits per heavy atom. The topological polar surface area (TPSA) is 12.0 Å². The predicted octanol–water partition coefficient (Wildman–Crippen LogP) is 7.12. The van der Waals surface area contributed by atoms with Gasteiger partial charge in [0.25, 0.3) is 0 Å². The number of rotatable bonds is 5. The van der Waals surface area contributed by atoms with Crippen molar-refractivity contribution in [3.8, 4) is 0 Å². The van der Waals surface area contributed by atoms with E-state index >= 15 is 0 Å². The molecule has 1 aromatic carbocycles. The third kappa shape index (κ3) is 3.35. The molecular formula is C26H38ClN. The fourth-order valence-corrected chi connectivity index (χ4v) is 8.37. The second-order valence-electron chi connectivity index (χ2n) is 11.1. The Morgan fingerprint density at radius 1 is 1.00 bits per heavy atom. The highest BCUT2D eigenvalue weighted by atomic mass is 35.5. The third-order valence-electron chi connectivity index (χ3n) is 9.39. The highest BCUT2D eigenvalue weighted by molar-refractivity contribution is 6.30. The zero-order valence-corrected chi connectivity index (χ0v) is 18.6. The number of halogens is 1. The molecule has 154 valence electrons. The molecule has 5 aliphatic rings. The maximum atomic E-state index is 6.22. The lowest BCUT2D eigenvalue weighted by Gasteiger charge is -2.64. The van der Waals surface area contributed by atoms with Crippen LogP contribution in [0, 0.1) is 23.2 Å². The molecule has 0 saturated heterocycles. The van der Waals surface area contributed by atoms with Gasteiger partial charge in [-0.05, 0) is 117 Å². The Bertz CT molecular complexity index is 673. The van der Waals surface area contributed by atoms with Crippen molar-refractivity contribution in [1.82, 2.24) is 5.32 Å². The maximum absolute atomic E-state index is 6.22. The molecule has 0 amide bonds. The van der Waals surface area contributed by atoms with Gasteiger partial charge in [-0.25, -0.2) is 0 Å². The van der Waals surface area contributed by atoms with Crippen molar-refractivity contribution >= 4 is 11.6 Å². The lowest BCUT2D eigenvalue weighted by molar-refractivity contribution is -0.0902. The largest absolute Gasteiger partial charge is 0.311 e. The van der Waals surface area contributed by atoms with Crippen LogP contribution in [-0.2, 0) is 5.41 Å². The van der Waals surface area contributed by atoms with Crippen LogP contribution in [0.4, 0.5) is 0 Å². The first kappa shape index (κ1) is 19.4. The van der Waals surface area contributed by atoms with Crippen LogP contribution >= 0.6 is 11.6 Å². The summed E-state index contributed by atoms with van der Waals surface area (Å²) in [5.74, 6) is 2.87. The van der Waals surface area contributed by atoms with Crippen LogP contribution in [0.2, 0.25) is 5.02 Å². The first-order chi connectivity index (χ1) is 13.5. The van der Waals surface area contributed by atoms with Gasteiger partial charge in [0.2, 0.25) is 0 Å². The van der Waals surface area contributed by atoms with E-state index in [0.29, 0.717) is 16.9 Å². The van der Waals surface area contributed by atoms with Crippen molar-refractivity contribution in [2.75, 3.05) is 0 Å². The predicted molar refractivity (Wildman–Crippen MR) is 119 cm³/mol. The molecule has 2 heteroatoms. The highest BCUT2D eigenvalue weighted by Gasteiger charge is 2.59. The Morgan fingerprint density at radius 2 is 1.64 bits per heavy atom. The fourth-order valence-electron chi connectivity index (χ4n) is 8.25. The van der Waals surface area contributed by atoms with E-state index in [2.05, 4.69) is 43.4 Å². The summed E-state index contributed by atoms with van der Waals surface area (Å²) in [6.07, 6.45) is 15.7. The molecule has 0 aliphatic heterocycles. The van der Waals surface area contributed by atoms with E-state index in [1.165, 1.54) is 70.6 Å². The monoisotopic (exact) mass is 399 g/mol. The van der Waals surface area contributed by atoms with Crippen LogP contribution < -0.4 is 5.32 Å². The summed E-state index contributed by atoms with van der Waals surface area (Å²) in [6, 6.07) is 10.3. The van der Waals surface area contributed by atoms with Crippen molar-refractivity contribution in [3.63, 3.8) is 0 Å². The normalized spacial score (nSPS) is 43.2. The molecule has 0 spiro atoms. The van der Waals surface area contributed by atoms with E-state index in [0.717, 1.165) is 28.8 Å². The number of hydrogen-bond acceptors (Lipinski definition) is 1. The third-order valence-corrected chi connectivity index (χ3v) is 9.64. The van der Waals surface area contributed by atoms with Gasteiger partial charge >= 0.3 is 0 Å². The van der Waals surface area contributed by atoms with E-state index < -0.39 is 0 Å². The molecule has 1 nitrogen and oxygen atoms in total. The summed E-state index contributed by atoms with van der Waals surface area (Å²) < 4.78 is 0. The molecule has 0 radical (unpaired) electrons. The summed E-state index contributed by atoms with van der Waals surface area (Å²) in [5.41, 5.74) is 2.52. The lowest BCUT2D eigenvalue weighted by Crippen LogP contribution is -2.61. The van der Waals surface area contributed by atoms with E-state index in [1.54, 1.807) is 5.56 Å². The minimum Gasteiger partial charge on any atom is -0.311 e. The molecule has 0 unspecified atom stereocenters.